The van der Waals surface area contributed by atoms with E-state index in [9.17, 15) is 4.79 Å². The molecule has 3 heteroatoms. The molecule has 0 N–H and O–H groups in total. The van der Waals surface area contributed by atoms with Crippen molar-refractivity contribution in [2.45, 2.75) is 54.5 Å². The third kappa shape index (κ3) is 6.91. The third-order valence-electron chi connectivity index (χ3n) is 5.30. The Morgan fingerprint density at radius 1 is 1.03 bits per heavy atom. The Hall–Kier alpha value is -3.20. The van der Waals surface area contributed by atoms with E-state index in [2.05, 4.69) is 76.2 Å². The summed E-state index contributed by atoms with van der Waals surface area (Å²) in [5, 5.41) is 0. The number of likely N-dealkylation sites (N-methyl/N-ethyl adjacent to an activating group) is 1. The van der Waals surface area contributed by atoms with Crippen molar-refractivity contribution in [2.24, 2.45) is 0 Å². The van der Waals surface area contributed by atoms with E-state index in [1.54, 1.807) is 4.90 Å². The van der Waals surface area contributed by atoms with Crippen LogP contribution in [-0.4, -0.2) is 22.8 Å². The van der Waals surface area contributed by atoms with Crippen LogP contribution in [0.1, 0.15) is 61.2 Å². The number of carbonyl (C=O) groups is 1. The average molecular weight is 429 g/mol. The van der Waals surface area contributed by atoms with Crippen molar-refractivity contribution >= 4 is 17.6 Å². The summed E-state index contributed by atoms with van der Waals surface area (Å²) in [6.45, 7) is 20.9. The normalized spacial score (nSPS) is 11.2. The summed E-state index contributed by atoms with van der Waals surface area (Å²) in [6, 6.07) is 8.40. The minimum Gasteiger partial charge on any atom is -0.337 e. The summed E-state index contributed by atoms with van der Waals surface area (Å²) >= 11 is 0. The number of rotatable bonds is 8. The molecule has 0 atom stereocenters. The molecule has 0 bridgehead atoms. The van der Waals surface area contributed by atoms with Crippen molar-refractivity contribution in [3.8, 4) is 0 Å². The van der Waals surface area contributed by atoms with E-state index in [4.69, 9.17) is 0 Å². The Kier molecular flexibility index (Phi) is 8.54. The van der Waals surface area contributed by atoms with Gasteiger partial charge in [-0.3, -0.25) is 9.78 Å². The van der Waals surface area contributed by atoms with Crippen LogP contribution in [0.25, 0.3) is 11.6 Å². The van der Waals surface area contributed by atoms with Gasteiger partial charge in [-0.05, 0) is 81.9 Å². The quantitative estimate of drug-likeness (QED) is 0.340. The molecule has 1 aromatic heterocycles. The average Bonchev–Trinajstić information content (AvgIpc) is 2.68. The zero-order valence-corrected chi connectivity index (χ0v) is 20.7. The summed E-state index contributed by atoms with van der Waals surface area (Å²) < 4.78 is 0. The molecule has 3 nitrogen and oxygen atoms in total. The Labute approximate surface area is 193 Å². The lowest BCUT2D eigenvalue weighted by Crippen LogP contribution is -2.27. The van der Waals surface area contributed by atoms with Crippen LogP contribution in [0.3, 0.4) is 0 Å². The fourth-order valence-corrected chi connectivity index (χ4v) is 3.79. The molecule has 0 fully saturated rings. The van der Waals surface area contributed by atoms with E-state index >= 15 is 0 Å². The highest BCUT2D eigenvalue weighted by atomic mass is 16.2. The first-order valence-corrected chi connectivity index (χ1v) is 10.9. The van der Waals surface area contributed by atoms with Crippen LogP contribution in [0.4, 0.5) is 0 Å². The number of hydrogen-bond acceptors (Lipinski definition) is 2. The van der Waals surface area contributed by atoms with Gasteiger partial charge in [0.05, 0.1) is 5.69 Å². The molecule has 0 saturated heterocycles. The van der Waals surface area contributed by atoms with E-state index < -0.39 is 0 Å². The molecule has 2 rings (SSSR count). The van der Waals surface area contributed by atoms with Gasteiger partial charge in [-0.2, -0.15) is 0 Å². The first-order chi connectivity index (χ1) is 15.0. The molecule has 0 radical (unpaired) electrons. The SMILES string of the molecule is C=C(/C=C(\C)Cc1cnc(C=C(C)C)c(C)c1)C(=O)N(C)Cc1ccc(C(=C)C)c(C)c1. The lowest BCUT2D eigenvalue weighted by molar-refractivity contribution is -0.126. The van der Waals surface area contributed by atoms with Gasteiger partial charge >= 0.3 is 0 Å². The fourth-order valence-electron chi connectivity index (χ4n) is 3.79. The van der Waals surface area contributed by atoms with Crippen LogP contribution in [0.2, 0.25) is 0 Å². The predicted molar refractivity (Wildman–Crippen MR) is 137 cm³/mol. The maximum Gasteiger partial charge on any atom is 0.253 e. The molecule has 0 aliphatic heterocycles. The van der Waals surface area contributed by atoms with Gasteiger partial charge in [-0.15, -0.1) is 0 Å². The van der Waals surface area contributed by atoms with E-state index in [-0.39, 0.29) is 5.91 Å². The smallest absolute Gasteiger partial charge is 0.253 e. The Balaban J connectivity index is 2.04. The first-order valence-electron chi connectivity index (χ1n) is 10.9. The maximum absolute atomic E-state index is 12.8. The molecule has 0 unspecified atom stereocenters. The fraction of sp³-hybridized carbons (Fsp3) is 0.310. The zero-order chi connectivity index (χ0) is 24.0. The van der Waals surface area contributed by atoms with Gasteiger partial charge in [0, 0.05) is 25.4 Å². The summed E-state index contributed by atoms with van der Waals surface area (Å²) in [5.74, 6) is -0.0702. The molecule has 1 amide bonds. The summed E-state index contributed by atoms with van der Waals surface area (Å²) in [6.07, 6.45) is 6.62. The van der Waals surface area contributed by atoms with E-state index in [1.807, 2.05) is 33.2 Å². The minimum atomic E-state index is -0.0702. The molecule has 0 saturated carbocycles. The number of hydrogen-bond donors (Lipinski definition) is 0. The van der Waals surface area contributed by atoms with Crippen LogP contribution < -0.4 is 0 Å². The number of carbonyl (C=O) groups excluding carboxylic acids is 1. The molecule has 32 heavy (non-hydrogen) atoms. The summed E-state index contributed by atoms with van der Waals surface area (Å²) in [7, 11) is 1.81. The van der Waals surface area contributed by atoms with Crippen molar-refractivity contribution in [2.75, 3.05) is 7.05 Å². The topological polar surface area (TPSA) is 33.2 Å². The second-order valence-electron chi connectivity index (χ2n) is 9.05. The standard InChI is InChI=1S/C29H36N2O/c1-19(2)12-28-23(7)16-26(17-30-28)14-21(5)13-24(8)29(32)31(9)18-25-10-11-27(20(3)4)22(6)15-25/h10-13,15-17H,3,8,14,18H2,1-2,4-7,9H3/b21-13+. The van der Waals surface area contributed by atoms with Crippen molar-refractivity contribution in [1.29, 1.82) is 0 Å². The van der Waals surface area contributed by atoms with Gasteiger partial charge < -0.3 is 4.90 Å². The number of aromatic nitrogens is 1. The molecule has 1 aromatic carbocycles. The van der Waals surface area contributed by atoms with E-state index in [0.29, 0.717) is 12.1 Å². The first kappa shape index (κ1) is 25.1. The Bertz CT molecular complexity index is 1100. The largest absolute Gasteiger partial charge is 0.337 e. The summed E-state index contributed by atoms with van der Waals surface area (Å²) in [5.41, 5.74) is 10.5. The molecular formula is C29H36N2O. The van der Waals surface area contributed by atoms with Crippen LogP contribution in [0.5, 0.6) is 0 Å². The van der Waals surface area contributed by atoms with Crippen LogP contribution in [0.15, 0.2) is 66.4 Å². The van der Waals surface area contributed by atoms with Gasteiger partial charge in [0.1, 0.15) is 0 Å². The van der Waals surface area contributed by atoms with Crippen molar-refractivity contribution in [3.05, 3.63) is 99.9 Å². The van der Waals surface area contributed by atoms with E-state index in [1.165, 1.54) is 11.1 Å². The zero-order valence-electron chi connectivity index (χ0n) is 20.7. The highest BCUT2D eigenvalue weighted by Gasteiger charge is 2.13. The second kappa shape index (κ2) is 10.9. The second-order valence-corrected chi connectivity index (χ2v) is 9.05. The lowest BCUT2D eigenvalue weighted by Gasteiger charge is -2.19. The van der Waals surface area contributed by atoms with Gasteiger partial charge in [0.15, 0.2) is 0 Å². The number of aryl methyl sites for hydroxylation is 2. The van der Waals surface area contributed by atoms with Crippen LogP contribution in [-0.2, 0) is 17.8 Å². The highest BCUT2D eigenvalue weighted by molar-refractivity contribution is 5.95. The molecular weight excluding hydrogens is 392 g/mol. The monoisotopic (exact) mass is 428 g/mol. The van der Waals surface area contributed by atoms with Gasteiger partial charge in [0.25, 0.3) is 5.91 Å². The molecule has 0 aliphatic rings. The van der Waals surface area contributed by atoms with Gasteiger partial charge in [-0.1, -0.05) is 60.2 Å². The molecule has 1 heterocycles. The number of benzene rings is 1. The molecule has 0 aliphatic carbocycles. The highest BCUT2D eigenvalue weighted by Crippen LogP contribution is 2.20. The van der Waals surface area contributed by atoms with Crippen LogP contribution >= 0.6 is 0 Å². The van der Waals surface area contributed by atoms with Crippen molar-refractivity contribution in [3.63, 3.8) is 0 Å². The number of allylic oxidation sites excluding steroid dienone is 3. The lowest BCUT2D eigenvalue weighted by atomic mass is 10.00. The molecule has 2 aromatic rings. The van der Waals surface area contributed by atoms with Gasteiger partial charge in [-0.25, -0.2) is 0 Å². The third-order valence-corrected chi connectivity index (χ3v) is 5.30. The predicted octanol–water partition coefficient (Wildman–Crippen LogP) is 6.86. The Morgan fingerprint density at radius 3 is 2.25 bits per heavy atom. The number of amides is 1. The molecule has 0 spiro atoms. The van der Waals surface area contributed by atoms with Crippen LogP contribution in [0, 0.1) is 13.8 Å². The van der Waals surface area contributed by atoms with Gasteiger partial charge in [0.2, 0.25) is 0 Å². The summed E-state index contributed by atoms with van der Waals surface area (Å²) in [4.78, 5) is 19.1. The van der Waals surface area contributed by atoms with Crippen molar-refractivity contribution < 1.29 is 4.79 Å². The Morgan fingerprint density at radius 2 is 1.69 bits per heavy atom. The van der Waals surface area contributed by atoms with E-state index in [0.717, 1.165) is 45.5 Å². The minimum absolute atomic E-state index is 0.0702. The molecule has 168 valence electrons. The number of nitrogens with zero attached hydrogens (tertiary/aromatic N) is 2. The number of pyridine rings is 1. The van der Waals surface area contributed by atoms with Crippen molar-refractivity contribution in [1.82, 2.24) is 9.88 Å². The maximum atomic E-state index is 12.8.